The Morgan fingerprint density at radius 1 is 1.48 bits per heavy atom. The predicted octanol–water partition coefficient (Wildman–Crippen LogP) is -0.703. The lowest BCUT2D eigenvalue weighted by molar-refractivity contribution is -0.0246. The Hall–Kier alpha value is -1.88. The smallest absolute Gasteiger partial charge is 0.330 e. The second-order valence-corrected chi connectivity index (χ2v) is 4.88. The van der Waals surface area contributed by atoms with E-state index in [0.717, 1.165) is 6.42 Å². The van der Waals surface area contributed by atoms with E-state index in [1.165, 1.54) is 10.8 Å². The summed E-state index contributed by atoms with van der Waals surface area (Å²) in [6.07, 6.45) is 3.31. The molecule has 1 fully saturated rings. The van der Waals surface area contributed by atoms with Crippen molar-refractivity contribution in [3.63, 3.8) is 0 Å². The summed E-state index contributed by atoms with van der Waals surface area (Å²) in [5.74, 6) is 5.60. The highest BCUT2D eigenvalue weighted by atomic mass is 16.5. The third-order valence-electron chi connectivity index (χ3n) is 3.30. The van der Waals surface area contributed by atoms with Crippen molar-refractivity contribution >= 4 is 0 Å². The first-order chi connectivity index (χ1) is 10.2. The summed E-state index contributed by atoms with van der Waals surface area (Å²) >= 11 is 0. The van der Waals surface area contributed by atoms with Crippen molar-refractivity contribution in [2.24, 2.45) is 5.73 Å². The molecule has 7 heteroatoms. The van der Waals surface area contributed by atoms with Crippen LogP contribution in [0.2, 0.25) is 0 Å². The molecule has 1 saturated heterocycles. The van der Waals surface area contributed by atoms with Gasteiger partial charge in [-0.1, -0.05) is 11.8 Å². The first-order valence-electron chi connectivity index (χ1n) is 6.96. The number of hydrogen-bond donors (Lipinski definition) is 3. The molecular weight excluding hydrogens is 274 g/mol. The number of aliphatic hydroxyl groups excluding tert-OH is 1. The van der Waals surface area contributed by atoms with E-state index in [4.69, 9.17) is 15.6 Å². The second-order valence-electron chi connectivity index (χ2n) is 4.88. The molecule has 0 aromatic carbocycles. The van der Waals surface area contributed by atoms with Gasteiger partial charge >= 0.3 is 5.69 Å². The molecule has 2 atom stereocenters. The van der Waals surface area contributed by atoms with Crippen LogP contribution in [-0.4, -0.2) is 33.9 Å². The number of H-pyrrole nitrogens is 1. The minimum Gasteiger partial charge on any atom is -0.394 e. The molecule has 2 heterocycles. The number of aliphatic hydroxyl groups is 1. The van der Waals surface area contributed by atoms with Gasteiger partial charge in [-0.15, -0.1) is 0 Å². The van der Waals surface area contributed by atoms with Crippen molar-refractivity contribution in [3.05, 3.63) is 32.6 Å². The van der Waals surface area contributed by atoms with Gasteiger partial charge < -0.3 is 15.6 Å². The largest absolute Gasteiger partial charge is 0.394 e. The SMILES string of the molecule is NCCCC#Cc1cn([C@@H]2CC[C@H](CO)O2)c(=O)[nH]c1=O. The van der Waals surface area contributed by atoms with Crippen molar-refractivity contribution in [2.45, 2.75) is 38.0 Å². The molecule has 4 N–H and O–H groups in total. The van der Waals surface area contributed by atoms with Crippen molar-refractivity contribution in [2.75, 3.05) is 13.2 Å². The summed E-state index contributed by atoms with van der Waals surface area (Å²) in [4.78, 5) is 25.8. The van der Waals surface area contributed by atoms with E-state index in [1.54, 1.807) is 0 Å². The van der Waals surface area contributed by atoms with Crippen LogP contribution < -0.4 is 17.0 Å². The molecule has 0 saturated carbocycles. The van der Waals surface area contributed by atoms with E-state index >= 15 is 0 Å². The second kappa shape index (κ2) is 7.22. The predicted molar refractivity (Wildman–Crippen MR) is 76.7 cm³/mol. The number of aromatic amines is 1. The molecule has 0 bridgehead atoms. The summed E-state index contributed by atoms with van der Waals surface area (Å²) in [7, 11) is 0. The molecule has 0 amide bonds. The fraction of sp³-hybridized carbons (Fsp3) is 0.571. The summed E-state index contributed by atoms with van der Waals surface area (Å²) in [6.45, 7) is 0.462. The summed E-state index contributed by atoms with van der Waals surface area (Å²) < 4.78 is 6.86. The van der Waals surface area contributed by atoms with Gasteiger partial charge in [0.05, 0.1) is 12.7 Å². The molecule has 2 rings (SSSR count). The van der Waals surface area contributed by atoms with Gasteiger partial charge in [0.2, 0.25) is 0 Å². The van der Waals surface area contributed by atoms with Crippen molar-refractivity contribution < 1.29 is 9.84 Å². The quantitative estimate of drug-likeness (QED) is 0.502. The number of nitrogens with zero attached hydrogens (tertiary/aromatic N) is 1. The Bertz CT molecular complexity index is 653. The van der Waals surface area contributed by atoms with Crippen LogP contribution in [0.1, 0.15) is 37.5 Å². The number of rotatable bonds is 4. The van der Waals surface area contributed by atoms with Gasteiger partial charge in [-0.05, 0) is 25.8 Å². The first kappa shape index (κ1) is 15.5. The highest BCUT2D eigenvalue weighted by molar-refractivity contribution is 5.29. The molecule has 0 aliphatic carbocycles. The minimum absolute atomic E-state index is 0.0830. The van der Waals surface area contributed by atoms with Crippen LogP contribution in [0.15, 0.2) is 15.8 Å². The Labute approximate surface area is 121 Å². The minimum atomic E-state index is -0.531. The standard InChI is InChI=1S/C14H19N3O4/c15-7-3-1-2-4-10-8-17(14(20)16-13(10)19)12-6-5-11(9-18)21-12/h8,11-12,18H,1,3,5-7,9,15H2,(H,16,19,20)/t11-,12+/m1/s1. The highest BCUT2D eigenvalue weighted by Crippen LogP contribution is 2.26. The van der Waals surface area contributed by atoms with Gasteiger partial charge in [-0.3, -0.25) is 14.3 Å². The molecule has 0 unspecified atom stereocenters. The van der Waals surface area contributed by atoms with Crippen LogP contribution in [0.3, 0.4) is 0 Å². The van der Waals surface area contributed by atoms with E-state index in [9.17, 15) is 9.59 Å². The first-order valence-corrected chi connectivity index (χ1v) is 6.96. The van der Waals surface area contributed by atoms with Crippen molar-refractivity contribution in [1.29, 1.82) is 0 Å². The topological polar surface area (TPSA) is 110 Å². The third kappa shape index (κ3) is 3.82. The third-order valence-corrected chi connectivity index (χ3v) is 3.30. The Balaban J connectivity index is 2.24. The van der Waals surface area contributed by atoms with Gasteiger partial charge in [0.1, 0.15) is 11.8 Å². The van der Waals surface area contributed by atoms with Crippen molar-refractivity contribution in [3.8, 4) is 11.8 Å². The van der Waals surface area contributed by atoms with Gasteiger partial charge in [0.25, 0.3) is 5.56 Å². The molecule has 1 aromatic rings. The number of nitrogens with one attached hydrogen (secondary N) is 1. The Kier molecular flexibility index (Phi) is 5.33. The molecule has 21 heavy (non-hydrogen) atoms. The average Bonchev–Trinajstić information content (AvgIpc) is 2.94. The van der Waals surface area contributed by atoms with E-state index < -0.39 is 17.5 Å². The van der Waals surface area contributed by atoms with Crippen LogP contribution >= 0.6 is 0 Å². The number of aromatic nitrogens is 2. The molecular formula is C14H19N3O4. The van der Waals surface area contributed by atoms with E-state index in [2.05, 4.69) is 16.8 Å². The summed E-state index contributed by atoms with van der Waals surface area (Å²) in [5.41, 5.74) is 4.56. The molecule has 1 aliphatic rings. The van der Waals surface area contributed by atoms with E-state index in [1.807, 2.05) is 0 Å². The highest BCUT2D eigenvalue weighted by Gasteiger charge is 2.26. The summed E-state index contributed by atoms with van der Waals surface area (Å²) in [5, 5.41) is 9.06. The summed E-state index contributed by atoms with van der Waals surface area (Å²) in [6, 6.07) is 0. The molecule has 1 aromatic heterocycles. The maximum atomic E-state index is 11.9. The average molecular weight is 293 g/mol. The lowest BCUT2D eigenvalue weighted by Gasteiger charge is -2.14. The van der Waals surface area contributed by atoms with Crippen LogP contribution in [0.25, 0.3) is 0 Å². The van der Waals surface area contributed by atoms with Crippen molar-refractivity contribution in [1.82, 2.24) is 9.55 Å². The van der Waals surface area contributed by atoms with Gasteiger partial charge in [-0.25, -0.2) is 4.79 Å². The lowest BCUT2D eigenvalue weighted by atomic mass is 10.2. The van der Waals surface area contributed by atoms with E-state index in [0.29, 0.717) is 25.8 Å². The van der Waals surface area contributed by atoms with Gasteiger partial charge in [0.15, 0.2) is 0 Å². The zero-order valence-electron chi connectivity index (χ0n) is 11.7. The van der Waals surface area contributed by atoms with Gasteiger partial charge in [0, 0.05) is 12.6 Å². The Morgan fingerprint density at radius 2 is 2.29 bits per heavy atom. The monoisotopic (exact) mass is 293 g/mol. The van der Waals surface area contributed by atoms with Crippen LogP contribution in [0, 0.1) is 11.8 Å². The Morgan fingerprint density at radius 3 is 2.95 bits per heavy atom. The number of nitrogens with two attached hydrogens (primary N) is 1. The normalized spacial score (nSPS) is 21.0. The number of ether oxygens (including phenoxy) is 1. The zero-order chi connectivity index (χ0) is 15.2. The molecule has 114 valence electrons. The zero-order valence-corrected chi connectivity index (χ0v) is 11.7. The lowest BCUT2D eigenvalue weighted by Crippen LogP contribution is -2.33. The molecule has 0 radical (unpaired) electrons. The van der Waals surface area contributed by atoms with Gasteiger partial charge in [-0.2, -0.15) is 0 Å². The maximum Gasteiger partial charge on any atom is 0.330 e. The molecule has 0 spiro atoms. The van der Waals surface area contributed by atoms with E-state index in [-0.39, 0.29) is 18.3 Å². The number of unbranched alkanes of at least 4 members (excludes halogenated alkanes) is 1. The molecule has 7 nitrogen and oxygen atoms in total. The van der Waals surface area contributed by atoms with Crippen LogP contribution in [-0.2, 0) is 4.74 Å². The van der Waals surface area contributed by atoms with Crippen LogP contribution in [0.5, 0.6) is 0 Å². The molecule has 1 aliphatic heterocycles. The number of hydrogen-bond acceptors (Lipinski definition) is 5. The fourth-order valence-corrected chi connectivity index (χ4v) is 2.16. The maximum absolute atomic E-state index is 11.9. The van der Waals surface area contributed by atoms with Crippen LogP contribution in [0.4, 0.5) is 0 Å². The fourth-order valence-electron chi connectivity index (χ4n) is 2.16.